The van der Waals surface area contributed by atoms with Crippen LogP contribution in [0.2, 0.25) is 0 Å². The van der Waals surface area contributed by atoms with Crippen LogP contribution >= 0.6 is 0 Å². The number of hydrogen-bond acceptors (Lipinski definition) is 5. The van der Waals surface area contributed by atoms with E-state index in [1.807, 2.05) is 0 Å². The van der Waals surface area contributed by atoms with Crippen molar-refractivity contribution in [2.75, 3.05) is 6.61 Å². The molecule has 6 heteroatoms. The third-order valence-electron chi connectivity index (χ3n) is 4.21. The van der Waals surface area contributed by atoms with E-state index in [1.54, 1.807) is 12.3 Å². The maximum Gasteiger partial charge on any atom is 0.347 e. The summed E-state index contributed by atoms with van der Waals surface area (Å²) in [6.45, 7) is -0.165. The second-order valence-corrected chi connectivity index (χ2v) is 4.94. The van der Waals surface area contributed by atoms with Crippen LogP contribution in [0.1, 0.15) is 12.5 Å². The predicted octanol–water partition coefficient (Wildman–Crippen LogP) is -1.48. The van der Waals surface area contributed by atoms with Gasteiger partial charge in [-0.3, -0.25) is 4.57 Å². The number of rotatable bonds is 2. The fourth-order valence-corrected chi connectivity index (χ4v) is 3.15. The zero-order valence-electron chi connectivity index (χ0n) is 9.10. The molecule has 3 rings (SSSR count). The van der Waals surface area contributed by atoms with E-state index in [0.29, 0.717) is 6.42 Å². The quantitative estimate of drug-likeness (QED) is 0.584. The highest BCUT2D eigenvalue weighted by Crippen LogP contribution is 2.66. The SMILES string of the molecule is O=c1ncccn1[C@H]1[C@H](O)[C@H](O)[C@]2(CO)C[C@H]12. The van der Waals surface area contributed by atoms with Crippen LogP contribution in [0.4, 0.5) is 0 Å². The maximum atomic E-state index is 11.6. The highest BCUT2D eigenvalue weighted by Gasteiger charge is 2.71. The Morgan fingerprint density at radius 3 is 2.88 bits per heavy atom. The predicted molar refractivity (Wildman–Crippen MR) is 57.2 cm³/mol. The summed E-state index contributed by atoms with van der Waals surface area (Å²) >= 11 is 0. The summed E-state index contributed by atoms with van der Waals surface area (Å²) in [6.07, 6.45) is 1.58. The van der Waals surface area contributed by atoms with Gasteiger partial charge in [0.05, 0.1) is 18.8 Å². The highest BCUT2D eigenvalue weighted by molar-refractivity contribution is 5.20. The Morgan fingerprint density at radius 1 is 1.53 bits per heavy atom. The molecule has 2 aliphatic carbocycles. The smallest absolute Gasteiger partial charge is 0.347 e. The van der Waals surface area contributed by atoms with E-state index in [2.05, 4.69) is 4.98 Å². The van der Waals surface area contributed by atoms with E-state index in [4.69, 9.17) is 0 Å². The average Bonchev–Trinajstić information content (AvgIpc) is 3.02. The van der Waals surface area contributed by atoms with Gasteiger partial charge in [0, 0.05) is 17.8 Å². The zero-order valence-corrected chi connectivity index (χ0v) is 9.10. The first-order chi connectivity index (χ1) is 8.12. The maximum absolute atomic E-state index is 11.6. The minimum absolute atomic E-state index is 0.0561. The minimum Gasteiger partial charge on any atom is -0.396 e. The summed E-state index contributed by atoms with van der Waals surface area (Å²) in [6, 6.07) is 1.13. The van der Waals surface area contributed by atoms with Crippen LogP contribution in [0.3, 0.4) is 0 Å². The fourth-order valence-electron chi connectivity index (χ4n) is 3.15. The Hall–Kier alpha value is -1.24. The van der Waals surface area contributed by atoms with E-state index < -0.39 is 29.4 Å². The van der Waals surface area contributed by atoms with E-state index in [-0.39, 0.29) is 12.5 Å². The van der Waals surface area contributed by atoms with Crippen molar-refractivity contribution in [2.45, 2.75) is 24.7 Å². The van der Waals surface area contributed by atoms with Gasteiger partial charge in [0.15, 0.2) is 0 Å². The van der Waals surface area contributed by atoms with Crippen molar-refractivity contribution in [1.82, 2.24) is 9.55 Å². The van der Waals surface area contributed by atoms with Gasteiger partial charge in [0.2, 0.25) is 0 Å². The van der Waals surface area contributed by atoms with Gasteiger partial charge in [-0.25, -0.2) is 9.78 Å². The second kappa shape index (κ2) is 3.38. The molecule has 1 aromatic rings. The van der Waals surface area contributed by atoms with Gasteiger partial charge in [-0.15, -0.1) is 0 Å². The van der Waals surface area contributed by atoms with Crippen LogP contribution in [-0.2, 0) is 0 Å². The van der Waals surface area contributed by atoms with Crippen molar-refractivity contribution in [1.29, 1.82) is 0 Å². The lowest BCUT2D eigenvalue weighted by molar-refractivity contribution is -0.0309. The Morgan fingerprint density at radius 2 is 2.29 bits per heavy atom. The van der Waals surface area contributed by atoms with Gasteiger partial charge in [-0.2, -0.15) is 0 Å². The normalized spacial score (nSPS) is 43.5. The molecule has 0 saturated heterocycles. The van der Waals surface area contributed by atoms with Crippen LogP contribution < -0.4 is 5.69 Å². The number of nitrogens with zero attached hydrogens (tertiary/aromatic N) is 2. The summed E-state index contributed by atoms with van der Waals surface area (Å²) < 4.78 is 1.35. The van der Waals surface area contributed by atoms with Gasteiger partial charge in [0.25, 0.3) is 0 Å². The number of hydrogen-bond donors (Lipinski definition) is 3. The molecule has 5 atom stereocenters. The van der Waals surface area contributed by atoms with E-state index in [0.717, 1.165) is 0 Å². The largest absolute Gasteiger partial charge is 0.396 e. The van der Waals surface area contributed by atoms with Gasteiger partial charge in [0.1, 0.15) is 6.10 Å². The van der Waals surface area contributed by atoms with Crippen molar-refractivity contribution in [3.63, 3.8) is 0 Å². The third-order valence-corrected chi connectivity index (χ3v) is 4.21. The van der Waals surface area contributed by atoms with Crippen molar-refractivity contribution >= 4 is 0 Å². The standard InChI is InChI=1S/C11H14N2O4/c14-5-11-4-6(11)7(8(15)9(11)16)13-3-1-2-12-10(13)17/h1-3,6-9,14-16H,4-5H2/t6-,7-,8+,9+,11+/m1/s1. The number of aliphatic hydroxyl groups excluding tert-OH is 3. The molecule has 0 radical (unpaired) electrons. The number of aromatic nitrogens is 2. The summed E-state index contributed by atoms with van der Waals surface area (Å²) in [7, 11) is 0. The van der Waals surface area contributed by atoms with Gasteiger partial charge in [-0.05, 0) is 18.4 Å². The van der Waals surface area contributed by atoms with Crippen molar-refractivity contribution in [3.05, 3.63) is 28.9 Å². The molecular weight excluding hydrogens is 224 g/mol. The molecule has 0 unspecified atom stereocenters. The Bertz CT molecular complexity index is 502. The van der Waals surface area contributed by atoms with Crippen LogP contribution in [0.5, 0.6) is 0 Å². The van der Waals surface area contributed by atoms with Gasteiger partial charge >= 0.3 is 5.69 Å². The molecule has 17 heavy (non-hydrogen) atoms. The zero-order chi connectivity index (χ0) is 12.2. The van der Waals surface area contributed by atoms with Crippen molar-refractivity contribution in [2.24, 2.45) is 11.3 Å². The molecule has 6 nitrogen and oxygen atoms in total. The molecule has 2 saturated carbocycles. The van der Waals surface area contributed by atoms with Crippen LogP contribution in [0, 0.1) is 11.3 Å². The highest BCUT2D eigenvalue weighted by atomic mass is 16.3. The van der Waals surface area contributed by atoms with Crippen LogP contribution in [-0.4, -0.2) is 43.7 Å². The Labute approximate surface area is 97.2 Å². The first-order valence-electron chi connectivity index (χ1n) is 5.62. The second-order valence-electron chi connectivity index (χ2n) is 4.94. The Balaban J connectivity index is 2.02. The molecule has 0 spiro atoms. The number of aliphatic hydroxyl groups is 3. The van der Waals surface area contributed by atoms with E-state index >= 15 is 0 Å². The minimum atomic E-state index is -1.03. The molecule has 0 amide bonds. The molecule has 1 aromatic heterocycles. The average molecular weight is 238 g/mol. The van der Waals surface area contributed by atoms with E-state index in [1.165, 1.54) is 10.8 Å². The van der Waals surface area contributed by atoms with Crippen LogP contribution in [0.15, 0.2) is 23.3 Å². The Kier molecular flexibility index (Phi) is 2.16. The number of fused-ring (bicyclic) bond motifs is 1. The summed E-state index contributed by atoms with van der Waals surface area (Å²) in [5, 5.41) is 29.2. The molecular formula is C11H14N2O4. The molecule has 0 aromatic carbocycles. The summed E-state index contributed by atoms with van der Waals surface area (Å²) in [5.74, 6) is -0.0561. The molecule has 0 bridgehead atoms. The van der Waals surface area contributed by atoms with Crippen molar-refractivity contribution < 1.29 is 15.3 Å². The molecule has 92 valence electrons. The third kappa shape index (κ3) is 1.25. The van der Waals surface area contributed by atoms with Gasteiger partial charge in [-0.1, -0.05) is 0 Å². The molecule has 3 N–H and O–H groups in total. The summed E-state index contributed by atoms with van der Waals surface area (Å²) in [4.78, 5) is 15.2. The lowest BCUT2D eigenvalue weighted by atomic mass is 10.0. The van der Waals surface area contributed by atoms with Crippen molar-refractivity contribution in [3.8, 4) is 0 Å². The lowest BCUT2D eigenvalue weighted by Crippen LogP contribution is -2.38. The fraction of sp³-hybridized carbons (Fsp3) is 0.636. The van der Waals surface area contributed by atoms with E-state index in [9.17, 15) is 20.1 Å². The molecule has 2 aliphatic rings. The van der Waals surface area contributed by atoms with Gasteiger partial charge < -0.3 is 15.3 Å². The summed E-state index contributed by atoms with van der Waals surface area (Å²) in [5.41, 5.74) is -1.07. The molecule has 0 aliphatic heterocycles. The van der Waals surface area contributed by atoms with Crippen LogP contribution in [0.25, 0.3) is 0 Å². The monoisotopic (exact) mass is 238 g/mol. The first kappa shape index (κ1) is 10.9. The molecule has 2 fully saturated rings. The lowest BCUT2D eigenvalue weighted by Gasteiger charge is -2.23. The first-order valence-corrected chi connectivity index (χ1v) is 5.62. The molecule has 1 heterocycles. The topological polar surface area (TPSA) is 95.6 Å².